The number of rotatable bonds is 2. The summed E-state index contributed by atoms with van der Waals surface area (Å²) in [6.45, 7) is 0. The Morgan fingerprint density at radius 3 is 2.62 bits per heavy atom. The average molecular weight is 209 g/mol. The van der Waals surface area contributed by atoms with Crippen molar-refractivity contribution in [3.8, 4) is 17.2 Å². The van der Waals surface area contributed by atoms with Crippen molar-refractivity contribution >= 4 is 5.82 Å². The summed E-state index contributed by atoms with van der Waals surface area (Å²) in [5.74, 6) is 0.432. The van der Waals surface area contributed by atoms with Crippen LogP contribution < -0.4 is 5.73 Å². The molecular formula is C13H11N3. The summed E-state index contributed by atoms with van der Waals surface area (Å²) in [6.07, 6.45) is 2.02. The van der Waals surface area contributed by atoms with Crippen LogP contribution in [0.15, 0.2) is 42.6 Å². The predicted octanol–water partition coefficient (Wildman–Crippen LogP) is 2.40. The number of hydrogen-bond acceptors (Lipinski definition) is 3. The van der Waals surface area contributed by atoms with Gasteiger partial charge in [-0.3, -0.25) is 0 Å². The number of nitrogens with two attached hydrogens (primary N) is 1. The maximum Gasteiger partial charge on any atom is 0.127 e. The zero-order chi connectivity index (χ0) is 11.4. The Kier molecular flexibility index (Phi) is 2.84. The molecule has 78 valence electrons. The molecule has 0 spiro atoms. The molecule has 3 nitrogen and oxygen atoms in total. The lowest BCUT2D eigenvalue weighted by Crippen LogP contribution is -1.97. The summed E-state index contributed by atoms with van der Waals surface area (Å²) in [5, 5.41) is 8.67. The van der Waals surface area contributed by atoms with Crippen LogP contribution in [-0.4, -0.2) is 4.98 Å². The number of hydrogen-bond donors (Lipinski definition) is 1. The van der Waals surface area contributed by atoms with Gasteiger partial charge in [0, 0.05) is 17.3 Å². The molecule has 2 rings (SSSR count). The molecule has 1 heterocycles. The third-order valence-corrected chi connectivity index (χ3v) is 2.38. The summed E-state index contributed by atoms with van der Waals surface area (Å²) in [5.41, 5.74) is 8.54. The number of aromatic nitrogens is 1. The first-order valence-electron chi connectivity index (χ1n) is 4.98. The van der Waals surface area contributed by atoms with E-state index in [1.54, 1.807) is 6.20 Å². The Labute approximate surface area is 94.2 Å². The molecule has 0 atom stereocenters. The van der Waals surface area contributed by atoms with Gasteiger partial charge in [0.1, 0.15) is 5.82 Å². The first kappa shape index (κ1) is 10.2. The van der Waals surface area contributed by atoms with Crippen molar-refractivity contribution in [2.75, 3.05) is 5.73 Å². The third-order valence-electron chi connectivity index (χ3n) is 2.38. The first-order valence-corrected chi connectivity index (χ1v) is 4.98. The molecule has 1 aromatic carbocycles. The van der Waals surface area contributed by atoms with Crippen LogP contribution in [0.25, 0.3) is 11.1 Å². The van der Waals surface area contributed by atoms with Gasteiger partial charge in [0.05, 0.1) is 12.5 Å². The number of anilines is 1. The van der Waals surface area contributed by atoms with Crippen LogP contribution >= 0.6 is 0 Å². The number of pyridine rings is 1. The van der Waals surface area contributed by atoms with Crippen molar-refractivity contribution in [2.24, 2.45) is 0 Å². The summed E-state index contributed by atoms with van der Waals surface area (Å²) in [6, 6.07) is 13.9. The molecule has 0 aliphatic carbocycles. The molecule has 3 heteroatoms. The fourth-order valence-electron chi connectivity index (χ4n) is 1.54. The molecule has 1 aromatic heterocycles. The lowest BCUT2D eigenvalue weighted by Gasteiger charge is -2.05. The molecule has 0 bridgehead atoms. The van der Waals surface area contributed by atoms with Crippen LogP contribution in [0.4, 0.5) is 5.82 Å². The molecule has 2 N–H and O–H groups in total. The van der Waals surface area contributed by atoms with E-state index >= 15 is 0 Å². The molecule has 0 radical (unpaired) electrons. The molecule has 0 aliphatic heterocycles. The molecule has 0 fully saturated rings. The zero-order valence-electron chi connectivity index (χ0n) is 8.72. The van der Waals surface area contributed by atoms with Crippen LogP contribution in [0.3, 0.4) is 0 Å². The van der Waals surface area contributed by atoms with Crippen LogP contribution in [0.1, 0.15) is 5.56 Å². The standard InChI is InChI=1S/C13H11N3/c14-7-6-11-8-12(9-16-13(11)15)10-4-2-1-3-5-10/h1-5,8-9H,6H2,(H2,15,16). The SMILES string of the molecule is N#CCc1cc(-c2ccccc2)cnc1N. The summed E-state index contributed by atoms with van der Waals surface area (Å²) in [4.78, 5) is 4.10. The fourth-order valence-corrected chi connectivity index (χ4v) is 1.54. The highest BCUT2D eigenvalue weighted by Gasteiger charge is 2.03. The smallest absolute Gasteiger partial charge is 0.127 e. The monoisotopic (exact) mass is 209 g/mol. The normalized spacial score (nSPS) is 9.69. The maximum absolute atomic E-state index is 8.67. The Hall–Kier alpha value is -2.34. The zero-order valence-corrected chi connectivity index (χ0v) is 8.72. The Morgan fingerprint density at radius 2 is 1.94 bits per heavy atom. The second-order valence-electron chi connectivity index (χ2n) is 3.47. The van der Waals surface area contributed by atoms with Gasteiger partial charge in [-0.15, -0.1) is 0 Å². The fraction of sp³-hybridized carbons (Fsp3) is 0.0769. The number of nitrogen functional groups attached to an aromatic ring is 1. The summed E-state index contributed by atoms with van der Waals surface area (Å²) in [7, 11) is 0. The van der Waals surface area contributed by atoms with Gasteiger partial charge in [-0.2, -0.15) is 5.26 Å². The van der Waals surface area contributed by atoms with E-state index in [0.29, 0.717) is 12.2 Å². The topological polar surface area (TPSA) is 62.7 Å². The first-order chi connectivity index (χ1) is 7.81. The van der Waals surface area contributed by atoms with Gasteiger partial charge >= 0.3 is 0 Å². The van der Waals surface area contributed by atoms with Gasteiger partial charge in [-0.25, -0.2) is 4.98 Å². The van der Waals surface area contributed by atoms with Crippen LogP contribution in [-0.2, 0) is 6.42 Å². The maximum atomic E-state index is 8.67. The van der Waals surface area contributed by atoms with Gasteiger partial charge in [-0.05, 0) is 11.6 Å². The van der Waals surface area contributed by atoms with E-state index in [-0.39, 0.29) is 0 Å². The summed E-state index contributed by atoms with van der Waals surface area (Å²) < 4.78 is 0. The van der Waals surface area contributed by atoms with Crippen LogP contribution in [0, 0.1) is 11.3 Å². The van der Waals surface area contributed by atoms with Crippen molar-refractivity contribution in [2.45, 2.75) is 6.42 Å². The van der Waals surface area contributed by atoms with E-state index in [9.17, 15) is 0 Å². The molecule has 16 heavy (non-hydrogen) atoms. The Morgan fingerprint density at radius 1 is 1.19 bits per heavy atom. The van der Waals surface area contributed by atoms with E-state index in [2.05, 4.69) is 11.1 Å². The van der Waals surface area contributed by atoms with Crippen molar-refractivity contribution < 1.29 is 0 Å². The summed E-state index contributed by atoms with van der Waals surface area (Å²) >= 11 is 0. The van der Waals surface area contributed by atoms with Gasteiger partial charge in [0.25, 0.3) is 0 Å². The highest BCUT2D eigenvalue weighted by molar-refractivity contribution is 5.65. The predicted molar refractivity (Wildman–Crippen MR) is 63.4 cm³/mol. The van der Waals surface area contributed by atoms with Gasteiger partial charge in [0.15, 0.2) is 0 Å². The minimum Gasteiger partial charge on any atom is -0.383 e. The van der Waals surface area contributed by atoms with Crippen LogP contribution in [0.2, 0.25) is 0 Å². The Bertz CT molecular complexity index is 527. The van der Waals surface area contributed by atoms with E-state index in [1.807, 2.05) is 36.4 Å². The van der Waals surface area contributed by atoms with Crippen molar-refractivity contribution in [1.82, 2.24) is 4.98 Å². The highest BCUT2D eigenvalue weighted by Crippen LogP contribution is 2.21. The minimum absolute atomic E-state index is 0.291. The van der Waals surface area contributed by atoms with Gasteiger partial charge < -0.3 is 5.73 Å². The molecule has 0 saturated carbocycles. The molecule has 0 amide bonds. The van der Waals surface area contributed by atoms with Gasteiger partial charge in [0.2, 0.25) is 0 Å². The van der Waals surface area contributed by atoms with E-state index in [1.165, 1.54) is 0 Å². The Balaban J connectivity index is 2.45. The van der Waals surface area contributed by atoms with E-state index in [4.69, 9.17) is 11.0 Å². The van der Waals surface area contributed by atoms with Crippen molar-refractivity contribution in [3.05, 3.63) is 48.2 Å². The van der Waals surface area contributed by atoms with Crippen molar-refractivity contribution in [1.29, 1.82) is 5.26 Å². The molecule has 0 aliphatic rings. The number of nitrogens with zero attached hydrogens (tertiary/aromatic N) is 2. The van der Waals surface area contributed by atoms with Crippen LogP contribution in [0.5, 0.6) is 0 Å². The number of benzene rings is 1. The van der Waals surface area contributed by atoms with Crippen molar-refractivity contribution in [3.63, 3.8) is 0 Å². The van der Waals surface area contributed by atoms with E-state index < -0.39 is 0 Å². The lowest BCUT2D eigenvalue weighted by atomic mass is 10.0. The molecule has 0 unspecified atom stereocenters. The molecule has 0 saturated heterocycles. The quantitative estimate of drug-likeness (QED) is 0.826. The second-order valence-corrected chi connectivity index (χ2v) is 3.47. The molecular weight excluding hydrogens is 198 g/mol. The average Bonchev–Trinajstić information content (AvgIpc) is 2.33. The number of nitriles is 1. The molecule has 2 aromatic rings. The third kappa shape index (κ3) is 2.01. The lowest BCUT2D eigenvalue weighted by molar-refractivity contribution is 1.20. The second kappa shape index (κ2) is 4.45. The van der Waals surface area contributed by atoms with Gasteiger partial charge in [-0.1, -0.05) is 30.3 Å². The largest absolute Gasteiger partial charge is 0.383 e. The van der Waals surface area contributed by atoms with E-state index in [0.717, 1.165) is 16.7 Å². The minimum atomic E-state index is 0.291. The highest BCUT2D eigenvalue weighted by atomic mass is 14.8.